The summed E-state index contributed by atoms with van der Waals surface area (Å²) in [5.74, 6) is 6.56. The Morgan fingerprint density at radius 2 is 1.16 bits per heavy atom. The molecule has 0 aliphatic carbocycles. The summed E-state index contributed by atoms with van der Waals surface area (Å²) in [7, 11) is -3.14. The molecule has 4 rings (SSSR count). The van der Waals surface area contributed by atoms with Crippen molar-refractivity contribution in [2.45, 2.75) is 6.04 Å². The molecule has 0 fully saturated rings. The Morgan fingerprint density at radius 1 is 0.677 bits per heavy atom. The lowest BCUT2D eigenvalue weighted by Gasteiger charge is -2.24. The maximum absolute atomic E-state index is 14.5. The molecular weight excluding hydrogens is 465 g/mol. The lowest BCUT2D eigenvalue weighted by molar-refractivity contribution is 0.574. The average Bonchev–Trinajstić information content (AvgIpc) is 2.84. The summed E-state index contributed by atoms with van der Waals surface area (Å²) in [5.41, 5.74) is 1.87. The first kappa shape index (κ1) is 21.3. The molecule has 0 spiro atoms. The van der Waals surface area contributed by atoms with Crippen molar-refractivity contribution in [1.82, 2.24) is 5.09 Å². The molecule has 0 heterocycles. The predicted octanol–water partition coefficient (Wildman–Crippen LogP) is 6.06. The fourth-order valence-corrected chi connectivity index (χ4v) is 5.90. The van der Waals surface area contributed by atoms with Crippen molar-refractivity contribution in [3.8, 4) is 11.8 Å². The van der Waals surface area contributed by atoms with Gasteiger partial charge in [0.2, 0.25) is 7.29 Å². The Kier molecular flexibility index (Phi) is 6.85. The van der Waals surface area contributed by atoms with Gasteiger partial charge in [0.25, 0.3) is 0 Å². The second kappa shape index (κ2) is 9.94. The van der Waals surface area contributed by atoms with Gasteiger partial charge in [-0.3, -0.25) is 4.57 Å². The monoisotopic (exact) mass is 485 g/mol. The highest BCUT2D eigenvalue weighted by molar-refractivity contribution is 9.10. The highest BCUT2D eigenvalue weighted by Crippen LogP contribution is 2.41. The molecule has 2 nitrogen and oxygen atoms in total. The van der Waals surface area contributed by atoms with Crippen LogP contribution in [-0.4, -0.2) is 0 Å². The Labute approximate surface area is 191 Å². The van der Waals surface area contributed by atoms with E-state index in [0.717, 1.165) is 26.2 Å². The minimum absolute atomic E-state index is 0.417. The number of halogens is 1. The van der Waals surface area contributed by atoms with E-state index >= 15 is 0 Å². The maximum Gasteiger partial charge on any atom is 0.205 e. The molecule has 1 atom stereocenters. The van der Waals surface area contributed by atoms with Gasteiger partial charge in [-0.25, -0.2) is 5.09 Å². The van der Waals surface area contributed by atoms with Gasteiger partial charge in [-0.15, -0.1) is 0 Å². The number of rotatable bonds is 5. The normalized spacial score (nSPS) is 11.9. The molecule has 0 bridgehead atoms. The summed E-state index contributed by atoms with van der Waals surface area (Å²) in [5, 5.41) is 4.94. The Morgan fingerprint density at radius 3 is 1.68 bits per heavy atom. The number of hydrogen-bond donors (Lipinski definition) is 1. The summed E-state index contributed by atoms with van der Waals surface area (Å²) in [4.78, 5) is 0. The van der Waals surface area contributed by atoms with E-state index in [1.54, 1.807) is 0 Å². The van der Waals surface area contributed by atoms with E-state index < -0.39 is 13.3 Å². The second-order valence-electron chi connectivity index (χ2n) is 7.03. The molecular formula is C27H21BrNOP. The van der Waals surface area contributed by atoms with Crippen LogP contribution in [0.3, 0.4) is 0 Å². The summed E-state index contributed by atoms with van der Waals surface area (Å²) in [6.07, 6.45) is 0. The smallest absolute Gasteiger partial charge is 0.205 e. The van der Waals surface area contributed by atoms with E-state index in [1.165, 1.54) is 0 Å². The minimum Gasteiger partial charge on any atom is -0.296 e. The van der Waals surface area contributed by atoms with Crippen molar-refractivity contribution in [2.24, 2.45) is 0 Å². The van der Waals surface area contributed by atoms with Gasteiger partial charge in [0.15, 0.2) is 0 Å². The Hall–Kier alpha value is -2.89. The molecule has 0 aliphatic heterocycles. The third-order valence-corrected chi connectivity index (χ3v) is 8.09. The van der Waals surface area contributed by atoms with E-state index in [4.69, 9.17) is 0 Å². The summed E-state index contributed by atoms with van der Waals surface area (Å²) < 4.78 is 15.5. The van der Waals surface area contributed by atoms with Gasteiger partial charge >= 0.3 is 0 Å². The van der Waals surface area contributed by atoms with E-state index in [2.05, 4.69) is 32.9 Å². The number of benzene rings is 4. The van der Waals surface area contributed by atoms with Crippen LogP contribution in [0.4, 0.5) is 0 Å². The van der Waals surface area contributed by atoms with Crippen LogP contribution in [0.2, 0.25) is 0 Å². The van der Waals surface area contributed by atoms with Crippen LogP contribution in [0, 0.1) is 11.8 Å². The molecule has 1 N–H and O–H groups in total. The first-order chi connectivity index (χ1) is 15.1. The fraction of sp³-hybridized carbons (Fsp3) is 0.0370. The van der Waals surface area contributed by atoms with Crippen LogP contribution in [0.1, 0.15) is 17.2 Å². The van der Waals surface area contributed by atoms with Crippen molar-refractivity contribution in [3.63, 3.8) is 0 Å². The van der Waals surface area contributed by atoms with Crippen LogP contribution in [0.25, 0.3) is 0 Å². The van der Waals surface area contributed by atoms with Crippen molar-refractivity contribution < 1.29 is 4.57 Å². The molecule has 31 heavy (non-hydrogen) atoms. The number of hydrogen-bond acceptors (Lipinski definition) is 1. The van der Waals surface area contributed by atoms with E-state index in [1.807, 2.05) is 115 Å². The predicted molar refractivity (Wildman–Crippen MR) is 133 cm³/mol. The molecule has 0 unspecified atom stereocenters. The molecule has 0 aromatic heterocycles. The average molecular weight is 486 g/mol. The molecule has 152 valence electrons. The van der Waals surface area contributed by atoms with Crippen LogP contribution in [-0.2, 0) is 4.57 Å². The Balaban J connectivity index is 1.80. The zero-order valence-corrected chi connectivity index (χ0v) is 19.3. The standard InChI is InChI=1S/C27H21BrNOP/c28-24-19-17-23(18-20-24)27(21-16-22-10-4-1-5-11-22)29-31(30,25-12-6-2-7-13-25)26-14-8-3-9-15-26/h1-15,17-20,27H,(H,29,30)/t27-/m1/s1. The molecule has 0 saturated heterocycles. The zero-order valence-electron chi connectivity index (χ0n) is 16.8. The zero-order chi connectivity index (χ0) is 21.5. The van der Waals surface area contributed by atoms with E-state index in [9.17, 15) is 4.57 Å². The van der Waals surface area contributed by atoms with Gasteiger partial charge in [0, 0.05) is 20.6 Å². The van der Waals surface area contributed by atoms with Crippen molar-refractivity contribution in [3.05, 3.63) is 131 Å². The largest absolute Gasteiger partial charge is 0.296 e. The third kappa shape index (κ3) is 5.24. The first-order valence-electron chi connectivity index (χ1n) is 9.96. The van der Waals surface area contributed by atoms with Gasteiger partial charge < -0.3 is 0 Å². The van der Waals surface area contributed by atoms with Crippen LogP contribution >= 0.6 is 23.2 Å². The van der Waals surface area contributed by atoms with Crippen molar-refractivity contribution in [1.29, 1.82) is 0 Å². The third-order valence-electron chi connectivity index (χ3n) is 4.89. The van der Waals surface area contributed by atoms with Crippen LogP contribution < -0.4 is 15.7 Å². The lowest BCUT2D eigenvalue weighted by atomic mass is 10.1. The maximum atomic E-state index is 14.5. The Bertz CT molecular complexity index is 1190. The van der Waals surface area contributed by atoms with E-state index in [-0.39, 0.29) is 0 Å². The molecule has 0 saturated carbocycles. The van der Waals surface area contributed by atoms with Crippen molar-refractivity contribution in [2.75, 3.05) is 0 Å². The summed E-state index contributed by atoms with van der Waals surface area (Å²) in [6.45, 7) is 0. The minimum atomic E-state index is -3.14. The van der Waals surface area contributed by atoms with Crippen LogP contribution in [0.5, 0.6) is 0 Å². The second-order valence-corrected chi connectivity index (χ2v) is 10.5. The quantitative estimate of drug-likeness (QED) is 0.275. The first-order valence-corrected chi connectivity index (χ1v) is 12.5. The molecule has 0 radical (unpaired) electrons. The highest BCUT2D eigenvalue weighted by Gasteiger charge is 2.30. The summed E-state index contributed by atoms with van der Waals surface area (Å²) >= 11 is 3.49. The molecule has 4 aromatic carbocycles. The van der Waals surface area contributed by atoms with Gasteiger partial charge in [-0.1, -0.05) is 94.5 Å². The lowest BCUT2D eigenvalue weighted by Crippen LogP contribution is -2.30. The molecule has 4 aromatic rings. The number of nitrogens with one attached hydrogen (secondary N) is 1. The van der Waals surface area contributed by atoms with Gasteiger partial charge in [0.05, 0.1) is 0 Å². The van der Waals surface area contributed by atoms with E-state index in [0.29, 0.717) is 0 Å². The van der Waals surface area contributed by atoms with Gasteiger partial charge in [-0.05, 0) is 54.1 Å². The van der Waals surface area contributed by atoms with Crippen LogP contribution in [0.15, 0.2) is 120 Å². The molecule has 4 heteroatoms. The molecule has 0 aliphatic rings. The fourth-order valence-electron chi connectivity index (χ4n) is 3.28. The van der Waals surface area contributed by atoms with Crippen molar-refractivity contribution >= 4 is 33.8 Å². The highest BCUT2D eigenvalue weighted by atomic mass is 79.9. The topological polar surface area (TPSA) is 29.1 Å². The van der Waals surface area contributed by atoms with Gasteiger partial charge in [0.1, 0.15) is 6.04 Å². The summed E-state index contributed by atoms with van der Waals surface area (Å²) in [6, 6.07) is 36.5. The van der Waals surface area contributed by atoms with Gasteiger partial charge in [-0.2, -0.15) is 0 Å². The molecule has 0 amide bonds. The SMILES string of the molecule is O=P(N[C@H](C#Cc1ccccc1)c1ccc(Br)cc1)(c1ccccc1)c1ccccc1.